The number of nitrogens with one attached hydrogen (secondary N) is 1. The summed E-state index contributed by atoms with van der Waals surface area (Å²) in [6.07, 6.45) is 6.15. The van der Waals surface area contributed by atoms with E-state index in [1.165, 1.54) is 24.6 Å². The van der Waals surface area contributed by atoms with E-state index in [1.54, 1.807) is 6.20 Å². The van der Waals surface area contributed by atoms with Crippen molar-refractivity contribution in [1.29, 1.82) is 0 Å². The number of ether oxygens (including phenoxy) is 1. The fourth-order valence-corrected chi connectivity index (χ4v) is 2.18. The van der Waals surface area contributed by atoms with Gasteiger partial charge in [-0.25, -0.2) is 9.78 Å². The van der Waals surface area contributed by atoms with Crippen molar-refractivity contribution >= 4 is 22.4 Å². The number of hydrogen-bond donors (Lipinski definition) is 1. The van der Waals surface area contributed by atoms with Gasteiger partial charge in [-0.2, -0.15) is 5.10 Å². The van der Waals surface area contributed by atoms with Gasteiger partial charge in [0.25, 0.3) is 0 Å². The zero-order chi connectivity index (χ0) is 12.8. The van der Waals surface area contributed by atoms with Gasteiger partial charge in [0.05, 0.1) is 13.3 Å². The Bertz CT molecular complexity index is 495. The van der Waals surface area contributed by atoms with Crippen molar-refractivity contribution in [3.8, 4) is 0 Å². The number of methoxy groups -OCH3 is 1. The summed E-state index contributed by atoms with van der Waals surface area (Å²) in [4.78, 5) is 15.8. The van der Waals surface area contributed by atoms with Crippen LogP contribution in [-0.4, -0.2) is 34.4 Å². The Morgan fingerprint density at radius 2 is 2.50 bits per heavy atom. The molecule has 2 aromatic heterocycles. The maximum atomic E-state index is 11.2. The van der Waals surface area contributed by atoms with Crippen LogP contribution in [0.4, 0.5) is 5.13 Å². The Labute approximate surface area is 109 Å². The number of carbonyl (C=O) groups excluding carboxylic acids is 1. The SMILES string of the molecule is COC(=O)c1cnc(NCCCn2cccn2)s1. The van der Waals surface area contributed by atoms with Crippen LogP contribution in [0.2, 0.25) is 0 Å². The van der Waals surface area contributed by atoms with Crippen LogP contribution < -0.4 is 5.32 Å². The average molecular weight is 266 g/mol. The van der Waals surface area contributed by atoms with E-state index in [4.69, 9.17) is 0 Å². The lowest BCUT2D eigenvalue weighted by Crippen LogP contribution is -2.06. The Kier molecular flexibility index (Phi) is 4.30. The predicted molar refractivity (Wildman–Crippen MR) is 68.8 cm³/mol. The third-order valence-corrected chi connectivity index (χ3v) is 3.23. The minimum atomic E-state index is -0.350. The van der Waals surface area contributed by atoms with Crippen LogP contribution in [0.25, 0.3) is 0 Å². The van der Waals surface area contributed by atoms with Crippen LogP contribution in [0, 0.1) is 0 Å². The van der Waals surface area contributed by atoms with E-state index in [0.29, 0.717) is 4.88 Å². The second kappa shape index (κ2) is 6.15. The maximum Gasteiger partial charge on any atom is 0.349 e. The number of aryl methyl sites for hydroxylation is 1. The van der Waals surface area contributed by atoms with E-state index in [0.717, 1.165) is 24.6 Å². The first-order valence-electron chi connectivity index (χ1n) is 5.55. The van der Waals surface area contributed by atoms with Crippen LogP contribution >= 0.6 is 11.3 Å². The van der Waals surface area contributed by atoms with Crippen molar-refractivity contribution in [2.24, 2.45) is 0 Å². The highest BCUT2D eigenvalue weighted by Gasteiger charge is 2.09. The fourth-order valence-electron chi connectivity index (χ4n) is 1.42. The Morgan fingerprint density at radius 3 is 3.22 bits per heavy atom. The van der Waals surface area contributed by atoms with Gasteiger partial charge in [0.1, 0.15) is 4.88 Å². The number of anilines is 1. The van der Waals surface area contributed by atoms with Gasteiger partial charge in [0.15, 0.2) is 5.13 Å². The molecule has 0 aliphatic carbocycles. The van der Waals surface area contributed by atoms with Crippen molar-refractivity contribution in [2.75, 3.05) is 19.0 Å². The first kappa shape index (κ1) is 12.6. The molecule has 0 aliphatic rings. The summed E-state index contributed by atoms with van der Waals surface area (Å²) in [6, 6.07) is 1.90. The van der Waals surface area contributed by atoms with Crippen molar-refractivity contribution in [3.05, 3.63) is 29.5 Å². The lowest BCUT2D eigenvalue weighted by molar-refractivity contribution is 0.0606. The first-order chi connectivity index (χ1) is 8.79. The highest BCUT2D eigenvalue weighted by molar-refractivity contribution is 7.17. The summed E-state index contributed by atoms with van der Waals surface area (Å²) in [5.74, 6) is -0.350. The lowest BCUT2D eigenvalue weighted by Gasteiger charge is -2.02. The van der Waals surface area contributed by atoms with Crippen molar-refractivity contribution < 1.29 is 9.53 Å². The van der Waals surface area contributed by atoms with E-state index in [2.05, 4.69) is 20.1 Å². The van der Waals surface area contributed by atoms with Gasteiger partial charge < -0.3 is 10.1 Å². The van der Waals surface area contributed by atoms with E-state index in [9.17, 15) is 4.79 Å². The van der Waals surface area contributed by atoms with Gasteiger partial charge in [-0.1, -0.05) is 11.3 Å². The molecule has 0 saturated heterocycles. The molecule has 18 heavy (non-hydrogen) atoms. The maximum absolute atomic E-state index is 11.2. The summed E-state index contributed by atoms with van der Waals surface area (Å²) >= 11 is 1.29. The van der Waals surface area contributed by atoms with Crippen LogP contribution in [0.15, 0.2) is 24.7 Å². The van der Waals surface area contributed by atoms with Gasteiger partial charge in [-0.05, 0) is 12.5 Å². The second-order valence-electron chi connectivity index (χ2n) is 3.57. The van der Waals surface area contributed by atoms with Gasteiger partial charge >= 0.3 is 5.97 Å². The molecule has 0 aliphatic heterocycles. The van der Waals surface area contributed by atoms with E-state index < -0.39 is 0 Å². The number of carbonyl (C=O) groups is 1. The van der Waals surface area contributed by atoms with E-state index in [1.807, 2.05) is 16.9 Å². The van der Waals surface area contributed by atoms with Crippen molar-refractivity contribution in [3.63, 3.8) is 0 Å². The van der Waals surface area contributed by atoms with Crippen LogP contribution in [-0.2, 0) is 11.3 Å². The minimum absolute atomic E-state index is 0.350. The number of hydrogen-bond acceptors (Lipinski definition) is 6. The smallest absolute Gasteiger partial charge is 0.349 e. The molecule has 0 amide bonds. The molecule has 0 unspecified atom stereocenters. The van der Waals surface area contributed by atoms with Gasteiger partial charge in [0, 0.05) is 25.5 Å². The van der Waals surface area contributed by atoms with E-state index >= 15 is 0 Å². The van der Waals surface area contributed by atoms with Gasteiger partial charge in [-0.3, -0.25) is 4.68 Å². The summed E-state index contributed by atoms with van der Waals surface area (Å²) in [5, 5.41) is 8.01. The predicted octanol–water partition coefficient (Wildman–Crippen LogP) is 1.63. The molecule has 0 aromatic carbocycles. The highest BCUT2D eigenvalue weighted by Crippen LogP contribution is 2.18. The average Bonchev–Trinajstić information content (AvgIpc) is 3.05. The minimum Gasteiger partial charge on any atom is -0.465 e. The standard InChI is InChI=1S/C11H14N4O2S/c1-17-10(16)9-8-13-11(18-9)12-4-2-6-15-7-3-5-14-15/h3,5,7-8H,2,4,6H2,1H3,(H,12,13). The molecule has 0 saturated carbocycles. The number of rotatable bonds is 6. The Hall–Kier alpha value is -1.89. The summed E-state index contributed by atoms with van der Waals surface area (Å²) < 4.78 is 6.49. The van der Waals surface area contributed by atoms with Gasteiger partial charge in [-0.15, -0.1) is 0 Å². The molecule has 6 nitrogen and oxygen atoms in total. The summed E-state index contributed by atoms with van der Waals surface area (Å²) in [6.45, 7) is 1.64. The number of aromatic nitrogens is 3. The lowest BCUT2D eigenvalue weighted by atomic mass is 10.4. The van der Waals surface area contributed by atoms with Crippen LogP contribution in [0.1, 0.15) is 16.1 Å². The van der Waals surface area contributed by atoms with Crippen LogP contribution in [0.3, 0.4) is 0 Å². The monoisotopic (exact) mass is 266 g/mol. The normalized spacial score (nSPS) is 10.3. The first-order valence-corrected chi connectivity index (χ1v) is 6.36. The molecule has 0 atom stereocenters. The molecule has 2 rings (SSSR count). The molecule has 0 spiro atoms. The molecular weight excluding hydrogens is 252 g/mol. The molecule has 96 valence electrons. The summed E-state index contributed by atoms with van der Waals surface area (Å²) in [7, 11) is 1.36. The molecule has 0 bridgehead atoms. The van der Waals surface area contributed by atoms with E-state index in [-0.39, 0.29) is 5.97 Å². The van der Waals surface area contributed by atoms with Crippen molar-refractivity contribution in [2.45, 2.75) is 13.0 Å². The second-order valence-corrected chi connectivity index (χ2v) is 4.60. The molecule has 0 fully saturated rings. The largest absolute Gasteiger partial charge is 0.465 e. The Morgan fingerprint density at radius 1 is 1.61 bits per heavy atom. The highest BCUT2D eigenvalue weighted by atomic mass is 32.1. The number of esters is 1. The molecule has 0 radical (unpaired) electrons. The Balaban J connectivity index is 1.73. The topological polar surface area (TPSA) is 69.0 Å². The zero-order valence-electron chi connectivity index (χ0n) is 10.00. The summed E-state index contributed by atoms with van der Waals surface area (Å²) in [5.41, 5.74) is 0. The molecule has 2 aromatic rings. The zero-order valence-corrected chi connectivity index (χ0v) is 10.8. The molecule has 1 N–H and O–H groups in total. The quantitative estimate of drug-likeness (QED) is 0.635. The number of thiazole rings is 1. The number of nitrogens with zero attached hydrogens (tertiary/aromatic N) is 3. The molecule has 2 heterocycles. The third-order valence-electron chi connectivity index (χ3n) is 2.29. The van der Waals surface area contributed by atoms with Crippen molar-refractivity contribution in [1.82, 2.24) is 14.8 Å². The third kappa shape index (κ3) is 3.30. The fraction of sp³-hybridized carbons (Fsp3) is 0.364. The molecular formula is C11H14N4O2S. The van der Waals surface area contributed by atoms with Gasteiger partial charge in [0.2, 0.25) is 0 Å². The van der Waals surface area contributed by atoms with Crippen LogP contribution in [0.5, 0.6) is 0 Å². The molecule has 7 heteroatoms.